The van der Waals surface area contributed by atoms with Gasteiger partial charge >= 0.3 is 6.09 Å². The molecule has 6 rings (SSSR count). The van der Waals surface area contributed by atoms with Gasteiger partial charge in [-0.2, -0.15) is 5.10 Å². The highest BCUT2D eigenvalue weighted by molar-refractivity contribution is 6.36. The predicted molar refractivity (Wildman–Crippen MR) is 195 cm³/mol. The number of aryl methyl sites for hydroxylation is 1. The molecule has 8 nitrogen and oxygen atoms in total. The molecule has 1 aliphatic rings. The first-order chi connectivity index (χ1) is 23.4. The van der Waals surface area contributed by atoms with Crippen LogP contribution in [-0.2, 0) is 22.6 Å². The third-order valence-corrected chi connectivity index (χ3v) is 9.44. The van der Waals surface area contributed by atoms with Crippen LogP contribution in [-0.4, -0.2) is 52.0 Å². The number of amides is 2. The van der Waals surface area contributed by atoms with Crippen molar-refractivity contribution in [2.45, 2.75) is 65.3 Å². The van der Waals surface area contributed by atoms with Crippen molar-refractivity contribution in [2.75, 3.05) is 13.7 Å². The molecule has 2 amide bonds. The first kappa shape index (κ1) is 34.3. The second-order valence-electron chi connectivity index (χ2n) is 13.5. The Hall–Kier alpha value is -4.53. The lowest BCUT2D eigenvalue weighted by atomic mass is 9.96. The first-order valence-corrected chi connectivity index (χ1v) is 17.1. The van der Waals surface area contributed by atoms with Crippen LogP contribution in [0.3, 0.4) is 0 Å². The number of carbonyl (C=O) groups is 2. The Balaban J connectivity index is 1.25. The molecule has 1 aromatic heterocycles. The number of ether oxygens (including phenoxy) is 2. The van der Waals surface area contributed by atoms with Crippen LogP contribution in [0.15, 0.2) is 79.0 Å². The van der Waals surface area contributed by atoms with Gasteiger partial charge in [-0.3, -0.25) is 9.48 Å². The Morgan fingerprint density at radius 3 is 2.43 bits per heavy atom. The van der Waals surface area contributed by atoms with Gasteiger partial charge in [0.15, 0.2) is 0 Å². The summed E-state index contributed by atoms with van der Waals surface area (Å²) in [5, 5.41) is 9.96. The number of methoxy groups -OCH3 is 1. The fraction of sp³-hybridized carbons (Fsp3) is 0.308. The van der Waals surface area contributed by atoms with Gasteiger partial charge in [0.05, 0.1) is 30.4 Å². The highest BCUT2D eigenvalue weighted by Gasteiger charge is 2.28. The number of hydrogen-bond donors (Lipinski definition) is 1. The van der Waals surface area contributed by atoms with Crippen molar-refractivity contribution in [3.8, 4) is 28.0 Å². The van der Waals surface area contributed by atoms with E-state index in [0.717, 1.165) is 55.6 Å². The van der Waals surface area contributed by atoms with Crippen LogP contribution in [0.4, 0.5) is 4.79 Å². The molecular formula is C39H40Cl2N4O4. The number of halogens is 2. The predicted octanol–water partition coefficient (Wildman–Crippen LogP) is 9.06. The summed E-state index contributed by atoms with van der Waals surface area (Å²) < 4.78 is 13.2. The number of carbonyl (C=O) groups excluding carboxylic acids is 2. The molecule has 0 radical (unpaired) electrons. The van der Waals surface area contributed by atoms with Gasteiger partial charge in [-0.25, -0.2) is 4.79 Å². The summed E-state index contributed by atoms with van der Waals surface area (Å²) in [5.41, 5.74) is 6.89. The van der Waals surface area contributed by atoms with Gasteiger partial charge in [-0.1, -0.05) is 77.8 Å². The Kier molecular flexibility index (Phi) is 9.91. The summed E-state index contributed by atoms with van der Waals surface area (Å²) in [6, 6.07) is 24.0. The molecule has 4 aromatic carbocycles. The Labute approximate surface area is 296 Å². The molecule has 1 fully saturated rings. The molecule has 1 saturated heterocycles. The van der Waals surface area contributed by atoms with Crippen molar-refractivity contribution in [1.29, 1.82) is 0 Å². The van der Waals surface area contributed by atoms with E-state index in [1.54, 1.807) is 12.0 Å². The number of nitrogens with one attached hydrogen (secondary N) is 1. The zero-order valence-electron chi connectivity index (χ0n) is 28.3. The largest absolute Gasteiger partial charge is 0.496 e. The van der Waals surface area contributed by atoms with Crippen molar-refractivity contribution < 1.29 is 19.1 Å². The second-order valence-corrected chi connectivity index (χ2v) is 14.3. The zero-order chi connectivity index (χ0) is 34.9. The minimum Gasteiger partial charge on any atom is -0.496 e. The summed E-state index contributed by atoms with van der Waals surface area (Å²) in [7, 11) is 1.66. The number of fused-ring (bicyclic) bond motifs is 1. The van der Waals surface area contributed by atoms with Crippen molar-refractivity contribution in [1.82, 2.24) is 20.0 Å². The smallest absolute Gasteiger partial charge is 0.410 e. The highest BCUT2D eigenvalue weighted by Crippen LogP contribution is 2.39. The zero-order valence-corrected chi connectivity index (χ0v) is 29.9. The quantitative estimate of drug-likeness (QED) is 0.166. The van der Waals surface area contributed by atoms with Crippen LogP contribution in [0.5, 0.6) is 5.75 Å². The van der Waals surface area contributed by atoms with Crippen LogP contribution in [0.1, 0.15) is 50.3 Å². The standard InChI is InChI=1S/C39H40Cl2N4O4/c1-24-18-33(40)27(19-35(24)48-5)22-45-34-11-7-9-30(32(34)20-42-45)31-10-6-8-29(37(31)41)26-14-12-25(13-15-26)21-44(38(47)49-39(2,3)4)23-28-16-17-36(46)43-28/h6-15,18-20,28H,16-17,21-23H2,1-5H3,(H,43,46). The van der Waals surface area contributed by atoms with E-state index < -0.39 is 11.7 Å². The van der Waals surface area contributed by atoms with E-state index in [4.69, 9.17) is 37.8 Å². The average Bonchev–Trinajstić information content (AvgIpc) is 3.67. The molecule has 1 N–H and O–H groups in total. The summed E-state index contributed by atoms with van der Waals surface area (Å²) in [6.45, 7) is 8.73. The minimum absolute atomic E-state index is 0.0101. The van der Waals surface area contributed by atoms with E-state index in [2.05, 4.69) is 11.4 Å². The van der Waals surface area contributed by atoms with E-state index in [-0.39, 0.29) is 11.9 Å². The van der Waals surface area contributed by atoms with Gasteiger partial charge in [0.25, 0.3) is 0 Å². The molecule has 1 unspecified atom stereocenters. The van der Waals surface area contributed by atoms with Crippen LogP contribution in [0, 0.1) is 6.92 Å². The van der Waals surface area contributed by atoms with Crippen LogP contribution in [0.25, 0.3) is 33.2 Å². The molecule has 1 aliphatic heterocycles. The molecule has 2 heterocycles. The number of hydrogen-bond acceptors (Lipinski definition) is 5. The first-order valence-electron chi connectivity index (χ1n) is 16.3. The van der Waals surface area contributed by atoms with E-state index >= 15 is 0 Å². The third-order valence-electron chi connectivity index (χ3n) is 8.68. The number of nitrogens with zero attached hydrogens (tertiary/aromatic N) is 3. The lowest BCUT2D eigenvalue weighted by molar-refractivity contribution is -0.119. The van der Waals surface area contributed by atoms with Gasteiger partial charge in [0.1, 0.15) is 11.4 Å². The molecule has 0 aliphatic carbocycles. The normalized spacial score (nSPS) is 14.6. The van der Waals surface area contributed by atoms with Crippen LogP contribution in [0.2, 0.25) is 10.0 Å². The van der Waals surface area contributed by atoms with E-state index in [1.165, 1.54) is 0 Å². The summed E-state index contributed by atoms with van der Waals surface area (Å²) in [6.07, 6.45) is 2.62. The minimum atomic E-state index is -0.633. The lowest BCUT2D eigenvalue weighted by Crippen LogP contribution is -2.43. The van der Waals surface area contributed by atoms with Crippen molar-refractivity contribution in [2.24, 2.45) is 0 Å². The van der Waals surface area contributed by atoms with Gasteiger partial charge in [-0.15, -0.1) is 0 Å². The topological polar surface area (TPSA) is 85.7 Å². The molecule has 49 heavy (non-hydrogen) atoms. The molecular weight excluding hydrogens is 659 g/mol. The Bertz CT molecular complexity index is 2020. The van der Waals surface area contributed by atoms with E-state index in [0.29, 0.717) is 42.5 Å². The molecule has 10 heteroatoms. The second kappa shape index (κ2) is 14.1. The number of rotatable bonds is 9. The molecule has 1 atom stereocenters. The maximum atomic E-state index is 13.1. The molecule has 0 spiro atoms. The molecule has 254 valence electrons. The van der Waals surface area contributed by atoms with Gasteiger partial charge in [0.2, 0.25) is 5.91 Å². The van der Waals surface area contributed by atoms with Gasteiger partial charge in [-0.05, 0) is 80.1 Å². The maximum Gasteiger partial charge on any atom is 0.410 e. The fourth-order valence-electron chi connectivity index (χ4n) is 6.25. The summed E-state index contributed by atoms with van der Waals surface area (Å²) >= 11 is 13.8. The van der Waals surface area contributed by atoms with Crippen molar-refractivity contribution in [3.05, 3.63) is 106 Å². The molecule has 5 aromatic rings. The van der Waals surface area contributed by atoms with Crippen LogP contribution >= 0.6 is 23.2 Å². The van der Waals surface area contributed by atoms with Gasteiger partial charge in [0, 0.05) is 47.1 Å². The number of aromatic nitrogens is 2. The monoisotopic (exact) mass is 698 g/mol. The van der Waals surface area contributed by atoms with E-state index in [9.17, 15) is 9.59 Å². The lowest BCUT2D eigenvalue weighted by Gasteiger charge is -2.29. The Morgan fingerprint density at radius 2 is 1.73 bits per heavy atom. The Morgan fingerprint density at radius 1 is 1.02 bits per heavy atom. The summed E-state index contributed by atoms with van der Waals surface area (Å²) in [5.74, 6) is 0.795. The van der Waals surface area contributed by atoms with Crippen molar-refractivity contribution >= 4 is 46.1 Å². The van der Waals surface area contributed by atoms with Gasteiger partial charge < -0.3 is 19.7 Å². The third kappa shape index (κ3) is 7.71. The maximum absolute atomic E-state index is 13.1. The highest BCUT2D eigenvalue weighted by atomic mass is 35.5. The molecule has 0 saturated carbocycles. The molecule has 0 bridgehead atoms. The SMILES string of the molecule is COc1cc(Cn2ncc3c(-c4cccc(-c5ccc(CN(CC6CCC(=O)N6)C(=O)OC(C)(C)C)cc5)c4Cl)cccc32)c(Cl)cc1C. The summed E-state index contributed by atoms with van der Waals surface area (Å²) in [4.78, 5) is 26.6. The fourth-order valence-corrected chi connectivity index (χ4v) is 6.86. The van der Waals surface area contributed by atoms with Crippen molar-refractivity contribution in [3.63, 3.8) is 0 Å². The van der Waals surface area contributed by atoms with Crippen LogP contribution < -0.4 is 10.1 Å². The number of benzene rings is 4. The van der Waals surface area contributed by atoms with E-state index in [1.807, 2.05) is 105 Å². The average molecular weight is 700 g/mol.